The second-order valence-corrected chi connectivity index (χ2v) is 6.71. The van der Waals surface area contributed by atoms with Crippen LogP contribution in [0, 0.1) is 17.5 Å². The van der Waals surface area contributed by atoms with E-state index in [1.165, 1.54) is 18.2 Å². The fraction of sp³-hybridized carbons (Fsp3) is 0.300. The minimum Gasteiger partial charge on any atom is -0.481 e. The summed E-state index contributed by atoms with van der Waals surface area (Å²) in [6.45, 7) is -0.218. The Kier molecular flexibility index (Phi) is 5.21. The molecule has 1 aliphatic carbocycles. The molecule has 1 saturated carbocycles. The third-order valence-electron chi connectivity index (χ3n) is 5.13. The Morgan fingerprint density at radius 3 is 2.19 bits per heavy atom. The highest BCUT2D eigenvalue weighted by atomic mass is 19.1. The summed E-state index contributed by atoms with van der Waals surface area (Å²) in [5.74, 6) is -4.74. The van der Waals surface area contributed by atoms with Gasteiger partial charge in [-0.2, -0.15) is 0 Å². The average Bonchev–Trinajstić information content (AvgIpc) is 2.57. The van der Waals surface area contributed by atoms with Crippen LogP contribution in [-0.2, 0) is 15.0 Å². The number of halogens is 3. The number of carbonyl (C=O) groups is 2. The molecule has 0 spiro atoms. The quantitative estimate of drug-likeness (QED) is 0.810. The molecule has 0 radical (unpaired) electrons. The van der Waals surface area contributed by atoms with Crippen LogP contribution >= 0.6 is 0 Å². The predicted octanol–water partition coefficient (Wildman–Crippen LogP) is 3.51. The van der Waals surface area contributed by atoms with E-state index in [1.54, 1.807) is 0 Å². The van der Waals surface area contributed by atoms with E-state index < -0.39 is 40.7 Å². The lowest BCUT2D eigenvalue weighted by atomic mass is 9.63. The summed E-state index contributed by atoms with van der Waals surface area (Å²) < 4.78 is 40.4. The van der Waals surface area contributed by atoms with Crippen LogP contribution in [0.5, 0.6) is 0 Å². The number of benzene rings is 2. The zero-order valence-electron chi connectivity index (χ0n) is 14.3. The number of rotatable bonds is 6. The largest absolute Gasteiger partial charge is 0.481 e. The summed E-state index contributed by atoms with van der Waals surface area (Å²) in [4.78, 5) is 24.3. The van der Waals surface area contributed by atoms with E-state index in [-0.39, 0.29) is 12.1 Å². The van der Waals surface area contributed by atoms with E-state index >= 15 is 0 Å². The van der Waals surface area contributed by atoms with Gasteiger partial charge in [0.15, 0.2) is 0 Å². The minimum absolute atomic E-state index is 0.112. The molecule has 2 aromatic rings. The number of amides is 1. The predicted molar refractivity (Wildman–Crippen MR) is 91.7 cm³/mol. The van der Waals surface area contributed by atoms with E-state index in [0.717, 1.165) is 24.3 Å². The highest BCUT2D eigenvalue weighted by molar-refractivity contribution is 5.90. The third-order valence-corrected chi connectivity index (χ3v) is 5.13. The topological polar surface area (TPSA) is 66.4 Å². The Balaban J connectivity index is 1.78. The smallest absolute Gasteiger partial charge is 0.312 e. The summed E-state index contributed by atoms with van der Waals surface area (Å²) in [5.41, 5.74) is -0.662. The van der Waals surface area contributed by atoms with Gasteiger partial charge < -0.3 is 10.4 Å². The van der Waals surface area contributed by atoms with Gasteiger partial charge in [-0.05, 0) is 36.6 Å². The van der Waals surface area contributed by atoms with Gasteiger partial charge in [0.2, 0.25) is 5.91 Å². The van der Waals surface area contributed by atoms with Gasteiger partial charge in [0, 0.05) is 18.2 Å². The molecule has 0 bridgehead atoms. The van der Waals surface area contributed by atoms with Crippen molar-refractivity contribution >= 4 is 11.9 Å². The SMILES string of the molecule is O=C(O)C(CNC(=O)C1(c2ccc(F)cc2F)CCC1)c1ccc(F)cc1. The maximum absolute atomic E-state index is 14.2. The van der Waals surface area contributed by atoms with E-state index in [1.807, 2.05) is 0 Å². The van der Waals surface area contributed by atoms with Crippen LogP contribution in [0.4, 0.5) is 13.2 Å². The van der Waals surface area contributed by atoms with Crippen molar-refractivity contribution in [2.24, 2.45) is 0 Å². The van der Waals surface area contributed by atoms with Gasteiger partial charge in [-0.25, -0.2) is 13.2 Å². The molecule has 1 amide bonds. The lowest BCUT2D eigenvalue weighted by Gasteiger charge is -2.41. The second kappa shape index (κ2) is 7.42. The van der Waals surface area contributed by atoms with Gasteiger partial charge in [0.25, 0.3) is 0 Å². The fourth-order valence-corrected chi connectivity index (χ4v) is 3.43. The highest BCUT2D eigenvalue weighted by Gasteiger charge is 2.47. The monoisotopic (exact) mass is 377 g/mol. The highest BCUT2D eigenvalue weighted by Crippen LogP contribution is 2.45. The van der Waals surface area contributed by atoms with Crippen LogP contribution in [0.15, 0.2) is 42.5 Å². The Labute approximate surface area is 154 Å². The van der Waals surface area contributed by atoms with Crippen LogP contribution in [-0.4, -0.2) is 23.5 Å². The number of carboxylic acids is 1. The van der Waals surface area contributed by atoms with Crippen molar-refractivity contribution in [1.29, 1.82) is 0 Å². The molecule has 1 unspecified atom stereocenters. The van der Waals surface area contributed by atoms with E-state index in [9.17, 15) is 27.9 Å². The normalized spacial score (nSPS) is 16.3. The number of nitrogens with one attached hydrogen (secondary N) is 1. The Bertz CT molecular complexity index is 863. The standard InChI is InChI=1S/C20H18F3NO3/c21-13-4-2-12(3-5-13)15(18(25)26)11-24-19(27)20(8-1-9-20)16-7-6-14(22)10-17(16)23/h2-7,10,15H,1,8-9,11H2,(H,24,27)(H,25,26). The summed E-state index contributed by atoms with van der Waals surface area (Å²) in [6, 6.07) is 8.09. The molecule has 0 aliphatic heterocycles. The van der Waals surface area contributed by atoms with Crippen LogP contribution in [0.3, 0.4) is 0 Å². The molecule has 2 aromatic carbocycles. The fourth-order valence-electron chi connectivity index (χ4n) is 3.43. The van der Waals surface area contributed by atoms with Crippen LogP contribution < -0.4 is 5.32 Å². The van der Waals surface area contributed by atoms with Crippen molar-refractivity contribution in [3.63, 3.8) is 0 Å². The summed E-state index contributed by atoms with van der Waals surface area (Å²) in [5, 5.41) is 12.0. The van der Waals surface area contributed by atoms with Gasteiger partial charge in [0.1, 0.15) is 17.5 Å². The Hall–Kier alpha value is -2.83. The number of aliphatic carboxylic acids is 1. The van der Waals surface area contributed by atoms with E-state index in [2.05, 4.69) is 5.32 Å². The molecule has 7 heteroatoms. The summed E-state index contributed by atoms with van der Waals surface area (Å²) >= 11 is 0. The summed E-state index contributed by atoms with van der Waals surface area (Å²) in [6.07, 6.45) is 1.51. The molecule has 4 nitrogen and oxygen atoms in total. The van der Waals surface area contributed by atoms with Crippen molar-refractivity contribution in [3.05, 3.63) is 71.0 Å². The molecule has 1 atom stereocenters. The van der Waals surface area contributed by atoms with Gasteiger partial charge in [0.05, 0.1) is 11.3 Å². The minimum atomic E-state index is -1.17. The third kappa shape index (κ3) is 3.67. The average molecular weight is 377 g/mol. The molecule has 1 fully saturated rings. The van der Waals surface area contributed by atoms with Gasteiger partial charge in [-0.1, -0.05) is 24.6 Å². The first-order chi connectivity index (χ1) is 12.8. The van der Waals surface area contributed by atoms with Gasteiger partial charge >= 0.3 is 5.97 Å². The Morgan fingerprint density at radius 2 is 1.67 bits per heavy atom. The summed E-state index contributed by atoms with van der Waals surface area (Å²) in [7, 11) is 0. The van der Waals surface area contributed by atoms with E-state index in [4.69, 9.17) is 0 Å². The van der Waals surface area contributed by atoms with Crippen LogP contribution in [0.2, 0.25) is 0 Å². The van der Waals surface area contributed by atoms with Crippen LogP contribution in [0.25, 0.3) is 0 Å². The molecular formula is C20H18F3NO3. The Morgan fingerprint density at radius 1 is 1.04 bits per heavy atom. The van der Waals surface area contributed by atoms with Crippen molar-refractivity contribution < 1.29 is 27.9 Å². The van der Waals surface area contributed by atoms with Gasteiger partial charge in [-0.3, -0.25) is 9.59 Å². The lowest BCUT2D eigenvalue weighted by molar-refractivity contribution is -0.139. The first-order valence-electron chi connectivity index (χ1n) is 8.55. The van der Waals surface area contributed by atoms with Crippen LogP contribution in [0.1, 0.15) is 36.3 Å². The molecule has 0 heterocycles. The molecule has 27 heavy (non-hydrogen) atoms. The zero-order chi connectivity index (χ0) is 19.6. The number of hydrogen-bond acceptors (Lipinski definition) is 2. The van der Waals surface area contributed by atoms with Crippen molar-refractivity contribution in [2.45, 2.75) is 30.6 Å². The zero-order valence-corrected chi connectivity index (χ0v) is 14.3. The van der Waals surface area contributed by atoms with E-state index in [0.29, 0.717) is 24.8 Å². The number of carbonyl (C=O) groups excluding carboxylic acids is 1. The molecule has 0 aromatic heterocycles. The molecular weight excluding hydrogens is 359 g/mol. The molecule has 1 aliphatic rings. The second-order valence-electron chi connectivity index (χ2n) is 6.71. The molecule has 0 saturated heterocycles. The van der Waals surface area contributed by atoms with Crippen molar-refractivity contribution in [3.8, 4) is 0 Å². The van der Waals surface area contributed by atoms with Crippen molar-refractivity contribution in [2.75, 3.05) is 6.54 Å². The first-order valence-corrected chi connectivity index (χ1v) is 8.55. The first kappa shape index (κ1) is 18.9. The number of hydrogen-bond donors (Lipinski definition) is 2. The molecule has 142 valence electrons. The molecule has 2 N–H and O–H groups in total. The number of carboxylic acid groups (broad SMARTS) is 1. The maximum Gasteiger partial charge on any atom is 0.312 e. The lowest BCUT2D eigenvalue weighted by Crippen LogP contribution is -2.50. The van der Waals surface area contributed by atoms with Gasteiger partial charge in [-0.15, -0.1) is 0 Å². The maximum atomic E-state index is 14.2. The van der Waals surface area contributed by atoms with Crippen molar-refractivity contribution in [1.82, 2.24) is 5.32 Å². The molecule has 3 rings (SSSR count).